The maximum absolute atomic E-state index is 12.4. The maximum Gasteiger partial charge on any atom is 0.401 e. The minimum Gasteiger partial charge on any atom is -0.370 e. The molecule has 1 saturated heterocycles. The van der Waals surface area contributed by atoms with Crippen LogP contribution in [0.25, 0.3) is 0 Å². The Morgan fingerprint density at radius 3 is 2.35 bits per heavy atom. The molecule has 0 spiro atoms. The van der Waals surface area contributed by atoms with Gasteiger partial charge in [-0.25, -0.2) is 0 Å². The van der Waals surface area contributed by atoms with E-state index in [1.54, 1.807) is 0 Å². The lowest BCUT2D eigenvalue weighted by Crippen LogP contribution is -2.40. The van der Waals surface area contributed by atoms with Crippen molar-refractivity contribution in [1.29, 1.82) is 0 Å². The fourth-order valence-corrected chi connectivity index (χ4v) is 3.26. The first-order valence-corrected chi connectivity index (χ1v) is 9.51. The zero-order chi connectivity index (χ0) is 18.9. The second-order valence-corrected chi connectivity index (χ2v) is 7.76. The van der Waals surface area contributed by atoms with Gasteiger partial charge in [0.2, 0.25) is 0 Å². The number of halogens is 4. The summed E-state index contributed by atoms with van der Waals surface area (Å²) in [6.07, 6.45) is 1.89. The number of nitrogens with zero attached hydrogens (tertiary/aromatic N) is 2. The van der Waals surface area contributed by atoms with Crippen molar-refractivity contribution in [2.24, 2.45) is 22.6 Å². The zero-order valence-electron chi connectivity index (χ0n) is 16.3. The molecule has 1 fully saturated rings. The van der Waals surface area contributed by atoms with Gasteiger partial charge in [-0.1, -0.05) is 26.7 Å². The highest BCUT2D eigenvalue weighted by atomic mass is 127. The summed E-state index contributed by atoms with van der Waals surface area (Å²) in [5.41, 5.74) is 5.92. The lowest BCUT2D eigenvalue weighted by molar-refractivity contribution is -0.148. The van der Waals surface area contributed by atoms with E-state index in [4.69, 9.17) is 5.73 Å². The van der Waals surface area contributed by atoms with Crippen molar-refractivity contribution < 1.29 is 13.2 Å². The monoisotopic (exact) mass is 492 g/mol. The van der Waals surface area contributed by atoms with E-state index in [-0.39, 0.29) is 24.0 Å². The first-order valence-electron chi connectivity index (χ1n) is 9.51. The first-order chi connectivity index (χ1) is 11.7. The number of nitrogens with one attached hydrogen (secondary N) is 1. The standard InChI is InChI=1S/C18H35F3N4.HI/c1-14(2)5-4-6-15(3)24-17(22)23-10-7-16-8-11-25(12-9-16)13-18(19,20)21;/h14-16H,4-13H2,1-3H3,(H3,22,23,24);1H. The summed E-state index contributed by atoms with van der Waals surface area (Å²) in [7, 11) is 0. The van der Waals surface area contributed by atoms with Crippen LogP contribution in [0, 0.1) is 11.8 Å². The van der Waals surface area contributed by atoms with Crippen molar-refractivity contribution in [3.05, 3.63) is 0 Å². The van der Waals surface area contributed by atoms with E-state index in [0.717, 1.165) is 31.6 Å². The number of rotatable bonds is 9. The van der Waals surface area contributed by atoms with E-state index in [1.165, 1.54) is 17.7 Å². The molecule has 0 aromatic carbocycles. The van der Waals surface area contributed by atoms with E-state index in [0.29, 0.717) is 37.6 Å². The molecule has 0 amide bonds. The molecular formula is C18H36F3IN4. The van der Waals surface area contributed by atoms with Crippen molar-refractivity contribution in [2.75, 3.05) is 26.2 Å². The van der Waals surface area contributed by atoms with Crippen LogP contribution in [0.15, 0.2) is 4.99 Å². The number of piperidine rings is 1. The minimum atomic E-state index is -4.09. The summed E-state index contributed by atoms with van der Waals surface area (Å²) < 4.78 is 37.1. The molecule has 1 rings (SSSR count). The highest BCUT2D eigenvalue weighted by molar-refractivity contribution is 14.0. The van der Waals surface area contributed by atoms with Crippen LogP contribution >= 0.6 is 24.0 Å². The Morgan fingerprint density at radius 2 is 1.81 bits per heavy atom. The minimum absolute atomic E-state index is 0. The average Bonchev–Trinajstić information content (AvgIpc) is 2.47. The van der Waals surface area contributed by atoms with Crippen LogP contribution in [-0.4, -0.2) is 49.3 Å². The smallest absolute Gasteiger partial charge is 0.370 e. The fourth-order valence-electron chi connectivity index (χ4n) is 3.26. The second-order valence-electron chi connectivity index (χ2n) is 7.76. The van der Waals surface area contributed by atoms with Gasteiger partial charge in [-0.2, -0.15) is 13.2 Å². The van der Waals surface area contributed by atoms with Crippen LogP contribution in [0.3, 0.4) is 0 Å². The van der Waals surface area contributed by atoms with E-state index in [9.17, 15) is 13.2 Å². The lowest BCUT2D eigenvalue weighted by Gasteiger charge is -2.32. The van der Waals surface area contributed by atoms with Gasteiger partial charge in [-0.05, 0) is 57.5 Å². The molecule has 1 atom stereocenters. The van der Waals surface area contributed by atoms with Crippen LogP contribution < -0.4 is 11.1 Å². The van der Waals surface area contributed by atoms with Crippen LogP contribution in [0.2, 0.25) is 0 Å². The van der Waals surface area contributed by atoms with Crippen LogP contribution in [0.5, 0.6) is 0 Å². The second kappa shape index (κ2) is 13.0. The van der Waals surface area contributed by atoms with Crippen molar-refractivity contribution in [1.82, 2.24) is 10.2 Å². The Bertz CT molecular complexity index is 394. The van der Waals surface area contributed by atoms with Crippen molar-refractivity contribution in [3.8, 4) is 0 Å². The Morgan fingerprint density at radius 1 is 1.19 bits per heavy atom. The Kier molecular flexibility index (Phi) is 12.9. The van der Waals surface area contributed by atoms with Crippen molar-refractivity contribution >= 4 is 29.9 Å². The molecule has 156 valence electrons. The largest absolute Gasteiger partial charge is 0.401 e. The summed E-state index contributed by atoms with van der Waals surface area (Å²) in [4.78, 5) is 5.86. The van der Waals surface area contributed by atoms with Crippen molar-refractivity contribution in [3.63, 3.8) is 0 Å². The molecule has 1 aliphatic heterocycles. The van der Waals surface area contributed by atoms with Gasteiger partial charge in [0.25, 0.3) is 0 Å². The first kappa shape index (κ1) is 25.8. The molecule has 26 heavy (non-hydrogen) atoms. The SMILES string of the molecule is CC(C)CCCC(C)NC(N)=NCCC1CCN(CC(F)(F)F)CC1.I. The van der Waals surface area contributed by atoms with Gasteiger partial charge in [-0.3, -0.25) is 9.89 Å². The predicted molar refractivity (Wildman–Crippen MR) is 113 cm³/mol. The van der Waals surface area contributed by atoms with E-state index < -0.39 is 12.7 Å². The van der Waals surface area contributed by atoms with Gasteiger partial charge < -0.3 is 11.1 Å². The normalized spacial score (nSPS) is 18.7. The molecule has 1 aliphatic rings. The topological polar surface area (TPSA) is 53.6 Å². The summed E-state index contributed by atoms with van der Waals surface area (Å²) in [5, 5.41) is 3.22. The van der Waals surface area contributed by atoms with Crippen molar-refractivity contribution in [2.45, 2.75) is 71.5 Å². The summed E-state index contributed by atoms with van der Waals surface area (Å²) in [5.74, 6) is 1.65. The zero-order valence-corrected chi connectivity index (χ0v) is 18.6. The molecule has 4 nitrogen and oxygen atoms in total. The number of guanidine groups is 1. The van der Waals surface area contributed by atoms with Crippen LogP contribution in [-0.2, 0) is 0 Å². The number of hydrogen-bond acceptors (Lipinski definition) is 2. The molecule has 0 aromatic heterocycles. The highest BCUT2D eigenvalue weighted by Gasteiger charge is 2.32. The number of alkyl halides is 3. The number of hydrogen-bond donors (Lipinski definition) is 2. The number of likely N-dealkylation sites (tertiary alicyclic amines) is 1. The highest BCUT2D eigenvalue weighted by Crippen LogP contribution is 2.24. The quantitative estimate of drug-likeness (QED) is 0.285. The van der Waals surface area contributed by atoms with E-state index >= 15 is 0 Å². The molecule has 0 bridgehead atoms. The molecule has 0 radical (unpaired) electrons. The van der Waals surface area contributed by atoms with Crippen LogP contribution in [0.1, 0.15) is 59.3 Å². The average molecular weight is 492 g/mol. The number of aliphatic imine (C=N–C) groups is 1. The molecule has 1 unspecified atom stereocenters. The fraction of sp³-hybridized carbons (Fsp3) is 0.944. The Balaban J connectivity index is 0.00000625. The molecular weight excluding hydrogens is 456 g/mol. The third kappa shape index (κ3) is 13.0. The predicted octanol–water partition coefficient (Wildman–Crippen LogP) is 4.39. The maximum atomic E-state index is 12.4. The van der Waals surface area contributed by atoms with Gasteiger partial charge in [0, 0.05) is 12.6 Å². The molecule has 8 heteroatoms. The van der Waals surface area contributed by atoms with Crippen LogP contribution in [0.4, 0.5) is 13.2 Å². The third-order valence-electron chi connectivity index (χ3n) is 4.74. The van der Waals surface area contributed by atoms with Gasteiger partial charge >= 0.3 is 6.18 Å². The van der Waals surface area contributed by atoms with Gasteiger partial charge in [0.1, 0.15) is 0 Å². The molecule has 0 aliphatic carbocycles. The van der Waals surface area contributed by atoms with E-state index in [1.807, 2.05) is 0 Å². The third-order valence-corrected chi connectivity index (χ3v) is 4.74. The Hall–Kier alpha value is -0.250. The molecule has 1 heterocycles. The summed E-state index contributed by atoms with van der Waals surface area (Å²) in [6.45, 7) is 7.45. The lowest BCUT2D eigenvalue weighted by atomic mass is 9.93. The van der Waals surface area contributed by atoms with E-state index in [2.05, 4.69) is 31.1 Å². The van der Waals surface area contributed by atoms with Gasteiger partial charge in [0.15, 0.2) is 5.96 Å². The van der Waals surface area contributed by atoms with Gasteiger partial charge in [0.05, 0.1) is 6.54 Å². The molecule has 3 N–H and O–H groups in total. The number of nitrogens with two attached hydrogens (primary N) is 1. The molecule has 0 saturated carbocycles. The van der Waals surface area contributed by atoms with Gasteiger partial charge in [-0.15, -0.1) is 24.0 Å². The summed E-state index contributed by atoms with van der Waals surface area (Å²) >= 11 is 0. The summed E-state index contributed by atoms with van der Waals surface area (Å²) in [6, 6.07) is 0.313. The Labute approximate surface area is 173 Å². The molecule has 0 aromatic rings.